The van der Waals surface area contributed by atoms with Gasteiger partial charge in [-0.05, 0) is 36.1 Å². The zero-order valence-electron chi connectivity index (χ0n) is 13.8. The zero-order chi connectivity index (χ0) is 16.8. The minimum absolute atomic E-state index is 0.0438. The van der Waals surface area contributed by atoms with Gasteiger partial charge in [0.25, 0.3) is 5.91 Å². The predicted octanol–water partition coefficient (Wildman–Crippen LogP) is 2.88. The van der Waals surface area contributed by atoms with Gasteiger partial charge < -0.3 is 19.7 Å². The Morgan fingerprint density at radius 1 is 1.33 bits per heavy atom. The molecule has 0 radical (unpaired) electrons. The molecule has 6 heteroatoms. The van der Waals surface area contributed by atoms with E-state index in [9.17, 15) is 4.79 Å². The van der Waals surface area contributed by atoms with Gasteiger partial charge >= 0.3 is 0 Å². The van der Waals surface area contributed by atoms with Crippen LogP contribution in [0.15, 0.2) is 35.7 Å². The van der Waals surface area contributed by atoms with E-state index in [4.69, 9.17) is 9.47 Å². The number of nitrogens with one attached hydrogen (secondary N) is 1. The monoisotopic (exact) mass is 346 g/mol. The van der Waals surface area contributed by atoms with E-state index in [2.05, 4.69) is 22.8 Å². The number of hydrogen-bond acceptors (Lipinski definition) is 5. The number of methoxy groups -OCH3 is 1. The van der Waals surface area contributed by atoms with Gasteiger partial charge in [0.05, 0.1) is 26.0 Å². The molecule has 1 aromatic carbocycles. The van der Waals surface area contributed by atoms with Crippen molar-refractivity contribution in [2.24, 2.45) is 0 Å². The van der Waals surface area contributed by atoms with Gasteiger partial charge in [-0.2, -0.15) is 0 Å². The zero-order valence-corrected chi connectivity index (χ0v) is 14.6. The molecule has 1 fully saturated rings. The Labute approximate surface area is 146 Å². The van der Waals surface area contributed by atoms with E-state index in [0.717, 1.165) is 24.4 Å². The molecular weight excluding hydrogens is 324 g/mol. The van der Waals surface area contributed by atoms with Crippen molar-refractivity contribution in [2.45, 2.75) is 6.42 Å². The summed E-state index contributed by atoms with van der Waals surface area (Å²) in [7, 11) is 1.64. The van der Waals surface area contributed by atoms with Crippen molar-refractivity contribution in [2.75, 3.05) is 45.3 Å². The Bertz CT molecular complexity index is 667. The lowest BCUT2D eigenvalue weighted by Gasteiger charge is -2.27. The highest BCUT2D eigenvalue weighted by molar-refractivity contribution is 7.09. The summed E-state index contributed by atoms with van der Waals surface area (Å²) in [5.74, 6) is 0.793. The fraction of sp³-hybridized carbons (Fsp3) is 0.389. The van der Waals surface area contributed by atoms with E-state index >= 15 is 0 Å². The van der Waals surface area contributed by atoms with E-state index in [1.54, 1.807) is 18.4 Å². The van der Waals surface area contributed by atoms with E-state index in [1.807, 2.05) is 23.1 Å². The van der Waals surface area contributed by atoms with Crippen LogP contribution in [0, 0.1) is 0 Å². The number of benzene rings is 1. The molecule has 0 unspecified atom stereocenters. The molecule has 2 heterocycles. The van der Waals surface area contributed by atoms with Gasteiger partial charge in [-0.15, -0.1) is 11.3 Å². The van der Waals surface area contributed by atoms with Crippen molar-refractivity contribution >= 4 is 22.9 Å². The van der Waals surface area contributed by atoms with Gasteiger partial charge in [-0.3, -0.25) is 4.79 Å². The highest BCUT2D eigenvalue weighted by Crippen LogP contribution is 2.26. The van der Waals surface area contributed by atoms with Crippen LogP contribution in [0.1, 0.15) is 15.2 Å². The number of hydrogen-bond donors (Lipinski definition) is 1. The molecule has 1 saturated heterocycles. The van der Waals surface area contributed by atoms with Crippen molar-refractivity contribution in [3.8, 4) is 5.75 Å². The van der Waals surface area contributed by atoms with Crippen LogP contribution in [0.5, 0.6) is 5.75 Å². The molecule has 1 aliphatic heterocycles. The molecule has 0 aliphatic carbocycles. The van der Waals surface area contributed by atoms with Crippen LogP contribution >= 0.6 is 11.3 Å². The minimum atomic E-state index is 0.0438. The van der Waals surface area contributed by atoms with Gasteiger partial charge in [-0.1, -0.05) is 6.07 Å². The lowest BCUT2D eigenvalue weighted by Crippen LogP contribution is -2.40. The molecule has 128 valence electrons. The molecule has 0 saturated carbocycles. The quantitative estimate of drug-likeness (QED) is 0.874. The molecule has 0 atom stereocenters. The summed E-state index contributed by atoms with van der Waals surface area (Å²) in [5, 5.41) is 5.47. The van der Waals surface area contributed by atoms with Gasteiger partial charge in [0.1, 0.15) is 5.75 Å². The topological polar surface area (TPSA) is 50.8 Å². The number of carbonyl (C=O) groups is 1. The molecule has 1 aliphatic rings. The summed E-state index contributed by atoms with van der Waals surface area (Å²) in [6.07, 6.45) is 0.947. The van der Waals surface area contributed by atoms with Crippen molar-refractivity contribution in [3.63, 3.8) is 0 Å². The predicted molar refractivity (Wildman–Crippen MR) is 96.2 cm³/mol. The van der Waals surface area contributed by atoms with Crippen LogP contribution in [-0.4, -0.2) is 50.8 Å². The molecule has 24 heavy (non-hydrogen) atoms. The Hall–Kier alpha value is -2.05. The number of morpholine rings is 1. The third-order valence-corrected chi connectivity index (χ3v) is 4.95. The van der Waals surface area contributed by atoms with Crippen molar-refractivity contribution in [1.82, 2.24) is 4.90 Å². The molecule has 5 nitrogen and oxygen atoms in total. The summed E-state index contributed by atoms with van der Waals surface area (Å²) < 4.78 is 10.7. The van der Waals surface area contributed by atoms with Gasteiger partial charge in [0.2, 0.25) is 0 Å². The largest absolute Gasteiger partial charge is 0.495 e. The average molecular weight is 346 g/mol. The number of carbonyl (C=O) groups excluding carboxylic acids is 1. The highest BCUT2D eigenvalue weighted by atomic mass is 32.1. The number of amides is 1. The first kappa shape index (κ1) is 16.8. The standard InChI is InChI=1S/C18H22N2O3S/c1-22-17-5-4-14(18(21)20-8-10-23-11-9-20)13-16(17)19-7-6-15-3-2-12-24-15/h2-5,12-13,19H,6-11H2,1H3. The van der Waals surface area contributed by atoms with Crippen molar-refractivity contribution < 1.29 is 14.3 Å². The smallest absolute Gasteiger partial charge is 0.254 e. The normalized spacial score (nSPS) is 14.5. The van der Waals surface area contributed by atoms with Crippen LogP contribution in [0.4, 0.5) is 5.69 Å². The molecule has 1 N–H and O–H groups in total. The molecule has 0 spiro atoms. The first-order valence-corrected chi connectivity index (χ1v) is 8.97. The molecule has 0 bridgehead atoms. The first-order valence-electron chi connectivity index (χ1n) is 8.09. The maximum absolute atomic E-state index is 12.6. The average Bonchev–Trinajstić information content (AvgIpc) is 3.15. The Balaban J connectivity index is 1.68. The van der Waals surface area contributed by atoms with Gasteiger partial charge in [0, 0.05) is 30.1 Å². The molecule has 3 rings (SSSR count). The van der Waals surface area contributed by atoms with Gasteiger partial charge in [0.15, 0.2) is 0 Å². The van der Waals surface area contributed by atoms with Crippen LogP contribution in [-0.2, 0) is 11.2 Å². The summed E-state index contributed by atoms with van der Waals surface area (Å²) >= 11 is 1.75. The third-order valence-electron chi connectivity index (χ3n) is 4.01. The molecular formula is C18H22N2O3S. The maximum Gasteiger partial charge on any atom is 0.254 e. The number of nitrogens with zero attached hydrogens (tertiary/aromatic N) is 1. The summed E-state index contributed by atoms with van der Waals surface area (Å²) in [6, 6.07) is 9.73. The van der Waals surface area contributed by atoms with E-state index < -0.39 is 0 Å². The van der Waals surface area contributed by atoms with E-state index in [1.165, 1.54) is 4.88 Å². The van der Waals surface area contributed by atoms with Crippen LogP contribution in [0.3, 0.4) is 0 Å². The Morgan fingerprint density at radius 2 is 2.17 bits per heavy atom. The Morgan fingerprint density at radius 3 is 2.88 bits per heavy atom. The molecule has 1 amide bonds. The minimum Gasteiger partial charge on any atom is -0.495 e. The number of ether oxygens (including phenoxy) is 2. The van der Waals surface area contributed by atoms with Crippen LogP contribution in [0.2, 0.25) is 0 Å². The van der Waals surface area contributed by atoms with Crippen molar-refractivity contribution in [3.05, 3.63) is 46.2 Å². The van der Waals surface area contributed by atoms with E-state index in [-0.39, 0.29) is 5.91 Å². The van der Waals surface area contributed by atoms with Gasteiger partial charge in [-0.25, -0.2) is 0 Å². The summed E-state index contributed by atoms with van der Waals surface area (Å²) in [4.78, 5) is 15.8. The SMILES string of the molecule is COc1ccc(C(=O)N2CCOCC2)cc1NCCc1cccs1. The van der Waals surface area contributed by atoms with Crippen LogP contribution < -0.4 is 10.1 Å². The summed E-state index contributed by atoms with van der Waals surface area (Å²) in [6.45, 7) is 3.30. The highest BCUT2D eigenvalue weighted by Gasteiger charge is 2.19. The van der Waals surface area contributed by atoms with Crippen LogP contribution in [0.25, 0.3) is 0 Å². The number of anilines is 1. The number of rotatable bonds is 6. The molecule has 1 aromatic heterocycles. The van der Waals surface area contributed by atoms with E-state index in [0.29, 0.717) is 31.9 Å². The first-order chi connectivity index (χ1) is 11.8. The molecule has 2 aromatic rings. The fourth-order valence-corrected chi connectivity index (χ4v) is 3.41. The fourth-order valence-electron chi connectivity index (χ4n) is 2.70. The van der Waals surface area contributed by atoms with Crippen molar-refractivity contribution in [1.29, 1.82) is 0 Å². The second kappa shape index (κ2) is 8.17. The second-order valence-electron chi connectivity index (χ2n) is 5.58. The maximum atomic E-state index is 12.6. The Kier molecular flexibility index (Phi) is 5.72. The number of thiophene rings is 1. The lowest BCUT2D eigenvalue weighted by molar-refractivity contribution is 0.0303. The third kappa shape index (κ3) is 4.07. The second-order valence-corrected chi connectivity index (χ2v) is 6.61. The lowest BCUT2D eigenvalue weighted by atomic mass is 10.1. The summed E-state index contributed by atoms with van der Waals surface area (Å²) in [5.41, 5.74) is 1.53.